The average Bonchev–Trinajstić information content (AvgIpc) is 3.35. The molecule has 0 atom stereocenters. The van der Waals surface area contributed by atoms with Gasteiger partial charge >= 0.3 is 0 Å². The fourth-order valence-corrected chi connectivity index (χ4v) is 3.03. The summed E-state index contributed by atoms with van der Waals surface area (Å²) >= 11 is 6.49. The first-order valence-electron chi connectivity index (χ1n) is 8.50. The van der Waals surface area contributed by atoms with Gasteiger partial charge in [-0.05, 0) is 68.2 Å². The molecule has 1 N–H and O–H groups in total. The third-order valence-corrected chi connectivity index (χ3v) is 4.85. The molecule has 2 fully saturated rings. The van der Waals surface area contributed by atoms with Crippen molar-refractivity contribution < 1.29 is 0 Å². The predicted octanol–water partition coefficient (Wildman–Crippen LogP) is 4.47. The second-order valence-electron chi connectivity index (χ2n) is 6.74. The Kier molecular flexibility index (Phi) is 5.07. The molecule has 3 heteroatoms. The summed E-state index contributed by atoms with van der Waals surface area (Å²) in [5, 5.41) is 4.34. The van der Waals surface area contributed by atoms with Gasteiger partial charge in [-0.1, -0.05) is 24.6 Å². The number of hydrogen-bond acceptors (Lipinski definition) is 2. The Morgan fingerprint density at radius 2 is 1.81 bits per heavy atom. The molecule has 0 saturated heterocycles. The van der Waals surface area contributed by atoms with Gasteiger partial charge in [0.15, 0.2) is 0 Å². The van der Waals surface area contributed by atoms with Crippen LogP contribution in [0.1, 0.15) is 44.6 Å². The van der Waals surface area contributed by atoms with Gasteiger partial charge in [0.2, 0.25) is 0 Å². The first-order valence-corrected chi connectivity index (χ1v) is 8.88. The lowest BCUT2D eigenvalue weighted by molar-refractivity contribution is 0.672. The van der Waals surface area contributed by atoms with Crippen molar-refractivity contribution in [2.24, 2.45) is 11.8 Å². The lowest BCUT2D eigenvalue weighted by atomic mass is 10.1. The maximum atomic E-state index is 6.49. The molecule has 2 aliphatic rings. The van der Waals surface area contributed by atoms with Crippen molar-refractivity contribution in [3.63, 3.8) is 0 Å². The molecule has 1 aromatic carbocycles. The van der Waals surface area contributed by atoms with Gasteiger partial charge in [0.25, 0.3) is 0 Å². The number of halogens is 1. The molecule has 0 radical (unpaired) electrons. The van der Waals surface area contributed by atoms with Crippen molar-refractivity contribution in [1.82, 2.24) is 5.32 Å². The van der Waals surface area contributed by atoms with E-state index in [0.29, 0.717) is 0 Å². The summed E-state index contributed by atoms with van der Waals surface area (Å²) < 4.78 is 0. The van der Waals surface area contributed by atoms with Gasteiger partial charge in [-0.2, -0.15) is 0 Å². The van der Waals surface area contributed by atoms with Gasteiger partial charge in [0.05, 0.1) is 0 Å². The molecule has 1 aromatic rings. The third kappa shape index (κ3) is 4.62. The van der Waals surface area contributed by atoms with Gasteiger partial charge in [-0.25, -0.2) is 0 Å². The molecular formula is C18H27ClN2. The second kappa shape index (κ2) is 7.02. The minimum atomic E-state index is 0.873. The van der Waals surface area contributed by atoms with Crippen molar-refractivity contribution in [2.75, 3.05) is 24.5 Å². The number of anilines is 1. The summed E-state index contributed by atoms with van der Waals surface area (Å²) in [6, 6.07) is 6.64. The molecule has 2 saturated carbocycles. The Labute approximate surface area is 133 Å². The monoisotopic (exact) mass is 306 g/mol. The Bertz CT molecular complexity index is 452. The smallest absolute Gasteiger partial charge is 0.0471 e. The molecule has 3 rings (SSSR count). The van der Waals surface area contributed by atoms with Crippen molar-refractivity contribution in [1.29, 1.82) is 0 Å². The maximum Gasteiger partial charge on any atom is 0.0471 e. The van der Waals surface area contributed by atoms with E-state index in [2.05, 4.69) is 35.3 Å². The molecule has 0 amide bonds. The molecule has 0 aromatic heterocycles. The molecule has 0 bridgehead atoms. The third-order valence-electron chi connectivity index (χ3n) is 4.50. The molecule has 2 aliphatic carbocycles. The lowest BCUT2D eigenvalue weighted by Gasteiger charge is -2.25. The highest BCUT2D eigenvalue weighted by Gasteiger charge is 2.29. The van der Waals surface area contributed by atoms with Crippen LogP contribution in [0.4, 0.5) is 5.69 Å². The van der Waals surface area contributed by atoms with Crippen molar-refractivity contribution >= 4 is 17.3 Å². The normalized spacial score (nSPS) is 18.0. The molecule has 0 unspecified atom stereocenters. The van der Waals surface area contributed by atoms with Crippen LogP contribution in [0.2, 0.25) is 5.02 Å². The van der Waals surface area contributed by atoms with Gasteiger partial charge < -0.3 is 10.2 Å². The summed E-state index contributed by atoms with van der Waals surface area (Å²) in [5.41, 5.74) is 2.53. The van der Waals surface area contributed by atoms with Crippen LogP contribution < -0.4 is 10.2 Å². The topological polar surface area (TPSA) is 15.3 Å². The van der Waals surface area contributed by atoms with E-state index >= 15 is 0 Å². The van der Waals surface area contributed by atoms with Crippen LogP contribution in [0.15, 0.2) is 18.2 Å². The van der Waals surface area contributed by atoms with Crippen LogP contribution in [0.25, 0.3) is 0 Å². The van der Waals surface area contributed by atoms with E-state index < -0.39 is 0 Å². The Hall–Kier alpha value is -0.730. The first-order chi connectivity index (χ1) is 10.3. The number of rotatable bonds is 9. The highest BCUT2D eigenvalue weighted by molar-refractivity contribution is 6.31. The highest BCUT2D eigenvalue weighted by atomic mass is 35.5. The number of nitrogens with one attached hydrogen (secondary N) is 1. The van der Waals surface area contributed by atoms with Gasteiger partial charge in [-0.3, -0.25) is 0 Å². The van der Waals surface area contributed by atoms with E-state index in [9.17, 15) is 0 Å². The zero-order valence-corrected chi connectivity index (χ0v) is 13.8. The molecule has 0 spiro atoms. The fourth-order valence-electron chi connectivity index (χ4n) is 2.79. The van der Waals surface area contributed by atoms with Gasteiger partial charge in [0, 0.05) is 30.3 Å². The van der Waals surface area contributed by atoms with Gasteiger partial charge in [0.1, 0.15) is 0 Å². The molecule has 116 valence electrons. The number of nitrogens with zero attached hydrogens (tertiary/aromatic N) is 1. The van der Waals surface area contributed by atoms with E-state index in [1.807, 2.05) is 0 Å². The van der Waals surface area contributed by atoms with E-state index in [4.69, 9.17) is 11.6 Å². The van der Waals surface area contributed by atoms with Crippen LogP contribution in [0.3, 0.4) is 0 Å². The largest absolute Gasteiger partial charge is 0.371 e. The minimum absolute atomic E-state index is 0.873. The van der Waals surface area contributed by atoms with Crippen LogP contribution in [-0.2, 0) is 6.54 Å². The molecule has 0 aliphatic heterocycles. The Balaban J connectivity index is 1.65. The quantitative estimate of drug-likeness (QED) is 0.677. The van der Waals surface area contributed by atoms with Gasteiger partial charge in [-0.15, -0.1) is 0 Å². The van der Waals surface area contributed by atoms with Crippen molar-refractivity contribution in [3.8, 4) is 0 Å². The molecule has 2 nitrogen and oxygen atoms in total. The summed E-state index contributed by atoms with van der Waals surface area (Å²) in [4.78, 5) is 2.57. The number of hydrogen-bond donors (Lipinski definition) is 1. The first kappa shape index (κ1) is 15.2. The second-order valence-corrected chi connectivity index (χ2v) is 7.15. The van der Waals surface area contributed by atoms with Crippen LogP contribution >= 0.6 is 11.6 Å². The van der Waals surface area contributed by atoms with Crippen LogP contribution in [0.5, 0.6) is 0 Å². The number of benzene rings is 1. The average molecular weight is 307 g/mol. The Morgan fingerprint density at radius 1 is 1.14 bits per heavy atom. The lowest BCUT2D eigenvalue weighted by Crippen LogP contribution is -2.28. The van der Waals surface area contributed by atoms with Crippen molar-refractivity contribution in [2.45, 2.75) is 45.6 Å². The standard InChI is InChI=1S/C18H27ClN2/c1-2-9-20-11-16-7-8-17(10-18(16)19)21(12-14-3-4-14)13-15-5-6-15/h7-8,10,14-15,20H,2-6,9,11-13H2,1H3. The highest BCUT2D eigenvalue weighted by Crippen LogP contribution is 2.36. The zero-order chi connectivity index (χ0) is 14.7. The van der Waals surface area contributed by atoms with E-state index in [0.717, 1.165) is 36.4 Å². The minimum Gasteiger partial charge on any atom is -0.371 e. The summed E-state index contributed by atoms with van der Waals surface area (Å²) in [5.74, 6) is 1.85. The fraction of sp³-hybridized carbons (Fsp3) is 0.667. The maximum absolute atomic E-state index is 6.49. The van der Waals surface area contributed by atoms with Crippen LogP contribution in [0, 0.1) is 11.8 Å². The van der Waals surface area contributed by atoms with E-state index in [-0.39, 0.29) is 0 Å². The molecule has 21 heavy (non-hydrogen) atoms. The zero-order valence-electron chi connectivity index (χ0n) is 13.1. The van der Waals surface area contributed by atoms with Crippen LogP contribution in [-0.4, -0.2) is 19.6 Å². The summed E-state index contributed by atoms with van der Waals surface area (Å²) in [6.07, 6.45) is 6.80. The van der Waals surface area contributed by atoms with Crippen molar-refractivity contribution in [3.05, 3.63) is 28.8 Å². The molecular weight excluding hydrogens is 280 g/mol. The van der Waals surface area contributed by atoms with E-state index in [1.165, 1.54) is 50.0 Å². The molecule has 0 heterocycles. The summed E-state index contributed by atoms with van der Waals surface area (Å²) in [7, 11) is 0. The van der Waals surface area contributed by atoms with E-state index in [1.54, 1.807) is 0 Å². The Morgan fingerprint density at radius 3 is 2.33 bits per heavy atom. The predicted molar refractivity (Wildman–Crippen MR) is 91.1 cm³/mol. The SMILES string of the molecule is CCCNCc1ccc(N(CC2CC2)CC2CC2)cc1Cl. The summed E-state index contributed by atoms with van der Waals surface area (Å²) in [6.45, 7) is 6.55.